The molecule has 1 aliphatic rings. The second-order valence-electron chi connectivity index (χ2n) is 6.40. The van der Waals surface area contributed by atoms with Gasteiger partial charge in [-0.1, -0.05) is 11.6 Å². The molecule has 0 aliphatic heterocycles. The smallest absolute Gasteiger partial charge is 0.255 e. The van der Waals surface area contributed by atoms with Crippen molar-refractivity contribution in [2.75, 3.05) is 5.32 Å². The number of hydrogen-bond acceptors (Lipinski definition) is 3. The molecule has 0 atom stereocenters. The molecule has 1 aliphatic carbocycles. The van der Waals surface area contributed by atoms with E-state index < -0.39 is 23.4 Å². The van der Waals surface area contributed by atoms with Crippen molar-refractivity contribution in [3.8, 4) is 0 Å². The normalized spacial score (nSPS) is 19.7. The molecule has 27 heavy (non-hydrogen) atoms. The zero-order chi connectivity index (χ0) is 19.6. The number of benzene rings is 2. The summed E-state index contributed by atoms with van der Waals surface area (Å²) in [7, 11) is 0. The first-order chi connectivity index (χ1) is 12.8. The zero-order valence-electron chi connectivity index (χ0n) is 14.1. The van der Waals surface area contributed by atoms with Crippen molar-refractivity contribution in [2.45, 2.75) is 41.9 Å². The fourth-order valence-corrected chi connectivity index (χ4v) is 4.40. The molecule has 1 amide bonds. The number of aliphatic hydroxyl groups excluding tert-OH is 1. The summed E-state index contributed by atoms with van der Waals surface area (Å²) in [5.74, 6) is -4.93. The van der Waals surface area contributed by atoms with E-state index in [9.17, 15) is 23.1 Å². The van der Waals surface area contributed by atoms with Crippen molar-refractivity contribution < 1.29 is 23.1 Å². The molecular formula is C19H17ClF3NO2S. The second kappa shape index (κ2) is 8.54. The lowest BCUT2D eigenvalue weighted by molar-refractivity contribution is 0.102. The summed E-state index contributed by atoms with van der Waals surface area (Å²) in [5, 5.41) is 12.7. The van der Waals surface area contributed by atoms with Crippen LogP contribution < -0.4 is 5.32 Å². The number of rotatable bonds is 4. The molecular weight excluding hydrogens is 399 g/mol. The van der Waals surface area contributed by atoms with Gasteiger partial charge >= 0.3 is 0 Å². The SMILES string of the molecule is O=C(Nc1cc(F)c(F)c(F)c1)c1ccc(Cl)c(S[C@H]2CC[C@H](O)CC2)c1. The third-order valence-corrected chi connectivity index (χ3v) is 6.21. The maximum absolute atomic E-state index is 13.3. The Morgan fingerprint density at radius 1 is 1.07 bits per heavy atom. The number of carbonyl (C=O) groups is 1. The average molecular weight is 416 g/mol. The summed E-state index contributed by atoms with van der Waals surface area (Å²) >= 11 is 7.77. The van der Waals surface area contributed by atoms with E-state index >= 15 is 0 Å². The van der Waals surface area contributed by atoms with Crippen LogP contribution in [0.2, 0.25) is 5.02 Å². The van der Waals surface area contributed by atoms with Gasteiger partial charge in [0.15, 0.2) is 17.5 Å². The number of anilines is 1. The third kappa shape index (κ3) is 4.97. The van der Waals surface area contributed by atoms with Crippen LogP contribution in [-0.2, 0) is 0 Å². The maximum atomic E-state index is 13.3. The van der Waals surface area contributed by atoms with Crippen molar-refractivity contribution in [1.29, 1.82) is 0 Å². The third-order valence-electron chi connectivity index (χ3n) is 4.37. The highest BCUT2D eigenvalue weighted by Crippen LogP contribution is 2.37. The van der Waals surface area contributed by atoms with Gasteiger partial charge in [0.25, 0.3) is 5.91 Å². The molecule has 2 aromatic rings. The van der Waals surface area contributed by atoms with E-state index in [1.165, 1.54) is 6.07 Å². The summed E-state index contributed by atoms with van der Waals surface area (Å²) in [6.07, 6.45) is 2.92. The van der Waals surface area contributed by atoms with Gasteiger partial charge in [-0.25, -0.2) is 13.2 Å². The fraction of sp³-hybridized carbons (Fsp3) is 0.316. The van der Waals surface area contributed by atoms with Crippen molar-refractivity contribution >= 4 is 35.0 Å². The molecule has 2 aromatic carbocycles. The van der Waals surface area contributed by atoms with Crippen molar-refractivity contribution in [3.63, 3.8) is 0 Å². The molecule has 0 heterocycles. The van der Waals surface area contributed by atoms with Gasteiger partial charge in [-0.05, 0) is 43.9 Å². The fourth-order valence-electron chi connectivity index (χ4n) is 2.91. The Balaban J connectivity index is 1.74. The van der Waals surface area contributed by atoms with E-state index in [-0.39, 0.29) is 17.4 Å². The van der Waals surface area contributed by atoms with Crippen LogP contribution >= 0.6 is 23.4 Å². The van der Waals surface area contributed by atoms with Gasteiger partial charge in [0.05, 0.1) is 11.1 Å². The quantitative estimate of drug-likeness (QED) is 0.657. The zero-order valence-corrected chi connectivity index (χ0v) is 15.7. The van der Waals surface area contributed by atoms with Crippen LogP contribution in [-0.4, -0.2) is 22.4 Å². The first-order valence-corrected chi connectivity index (χ1v) is 9.69. The molecule has 1 saturated carbocycles. The van der Waals surface area contributed by atoms with Crippen LogP contribution in [0.3, 0.4) is 0 Å². The first kappa shape index (κ1) is 20.0. The highest BCUT2D eigenvalue weighted by molar-refractivity contribution is 8.00. The average Bonchev–Trinajstić information content (AvgIpc) is 2.63. The van der Waals surface area contributed by atoms with Gasteiger partial charge in [0.2, 0.25) is 0 Å². The largest absolute Gasteiger partial charge is 0.393 e. The Morgan fingerprint density at radius 3 is 2.33 bits per heavy atom. The Hall–Kier alpha value is -1.70. The van der Waals surface area contributed by atoms with Crippen LogP contribution in [0, 0.1) is 17.5 Å². The van der Waals surface area contributed by atoms with Crippen LogP contribution in [0.25, 0.3) is 0 Å². The number of carbonyl (C=O) groups excluding carboxylic acids is 1. The summed E-state index contributed by atoms with van der Waals surface area (Å²) < 4.78 is 39.6. The van der Waals surface area contributed by atoms with Crippen LogP contribution in [0.5, 0.6) is 0 Å². The summed E-state index contributed by atoms with van der Waals surface area (Å²) in [6.45, 7) is 0. The predicted octanol–water partition coefficient (Wildman–Crippen LogP) is 5.41. The Bertz CT molecular complexity index is 834. The highest BCUT2D eigenvalue weighted by atomic mass is 35.5. The molecule has 2 N–H and O–H groups in total. The lowest BCUT2D eigenvalue weighted by Crippen LogP contribution is -2.19. The Morgan fingerprint density at radius 2 is 1.70 bits per heavy atom. The van der Waals surface area contributed by atoms with Crippen molar-refractivity contribution in [1.82, 2.24) is 0 Å². The molecule has 3 nitrogen and oxygen atoms in total. The molecule has 1 fully saturated rings. The van der Waals surface area contributed by atoms with Crippen LogP contribution in [0.4, 0.5) is 18.9 Å². The number of halogens is 4. The van der Waals surface area contributed by atoms with E-state index in [1.807, 2.05) is 0 Å². The lowest BCUT2D eigenvalue weighted by atomic mass is 9.97. The minimum Gasteiger partial charge on any atom is -0.393 e. The van der Waals surface area contributed by atoms with Gasteiger partial charge in [0, 0.05) is 33.5 Å². The number of hydrogen-bond donors (Lipinski definition) is 2. The summed E-state index contributed by atoms with van der Waals surface area (Å²) in [4.78, 5) is 13.1. The second-order valence-corrected chi connectivity index (χ2v) is 8.15. The monoisotopic (exact) mass is 415 g/mol. The van der Waals surface area contributed by atoms with Crippen LogP contribution in [0.1, 0.15) is 36.0 Å². The van der Waals surface area contributed by atoms with Crippen molar-refractivity contribution in [3.05, 3.63) is 58.4 Å². The van der Waals surface area contributed by atoms with Gasteiger partial charge in [-0.3, -0.25) is 4.79 Å². The summed E-state index contributed by atoms with van der Waals surface area (Å²) in [5.41, 5.74) is 0.0877. The number of amides is 1. The minimum absolute atomic E-state index is 0.179. The molecule has 0 saturated heterocycles. The Kier molecular flexibility index (Phi) is 6.34. The van der Waals surface area contributed by atoms with E-state index in [4.69, 9.17) is 11.6 Å². The van der Waals surface area contributed by atoms with E-state index in [1.54, 1.807) is 23.9 Å². The standard InChI is InChI=1S/C19H17ClF3NO2S/c20-14-6-1-10(7-17(14)27-13-4-2-12(25)3-5-13)19(26)24-11-8-15(21)18(23)16(22)9-11/h1,6-9,12-13,25H,2-5H2,(H,24,26)/t12-,13-. The predicted molar refractivity (Wildman–Crippen MR) is 99.8 cm³/mol. The molecule has 0 aromatic heterocycles. The highest BCUT2D eigenvalue weighted by Gasteiger charge is 2.22. The van der Waals surface area contributed by atoms with Gasteiger partial charge in [-0.15, -0.1) is 11.8 Å². The molecule has 0 unspecified atom stereocenters. The minimum atomic E-state index is -1.59. The van der Waals surface area contributed by atoms with Gasteiger partial charge < -0.3 is 10.4 Å². The lowest BCUT2D eigenvalue weighted by Gasteiger charge is -2.25. The Labute approximate surface area is 163 Å². The van der Waals surface area contributed by atoms with Gasteiger partial charge in [-0.2, -0.15) is 0 Å². The van der Waals surface area contributed by atoms with E-state index in [0.717, 1.165) is 42.7 Å². The topological polar surface area (TPSA) is 49.3 Å². The molecule has 3 rings (SSSR count). The number of thioether (sulfide) groups is 1. The molecule has 0 spiro atoms. The molecule has 8 heteroatoms. The number of aliphatic hydroxyl groups is 1. The molecule has 0 radical (unpaired) electrons. The van der Waals surface area contributed by atoms with Crippen LogP contribution in [0.15, 0.2) is 35.2 Å². The molecule has 0 bridgehead atoms. The van der Waals surface area contributed by atoms with Gasteiger partial charge in [0.1, 0.15) is 0 Å². The first-order valence-electron chi connectivity index (χ1n) is 8.43. The maximum Gasteiger partial charge on any atom is 0.255 e. The number of nitrogens with one attached hydrogen (secondary N) is 1. The van der Waals surface area contributed by atoms with E-state index in [0.29, 0.717) is 10.3 Å². The van der Waals surface area contributed by atoms with Crippen molar-refractivity contribution in [2.24, 2.45) is 0 Å². The molecule has 144 valence electrons. The van der Waals surface area contributed by atoms with E-state index in [2.05, 4.69) is 5.32 Å². The summed E-state index contributed by atoms with van der Waals surface area (Å²) in [6, 6.07) is 6.14.